The third-order valence-electron chi connectivity index (χ3n) is 2.05. The van der Waals surface area contributed by atoms with Gasteiger partial charge in [-0.15, -0.1) is 11.6 Å². The van der Waals surface area contributed by atoms with Crippen LogP contribution >= 0.6 is 23.4 Å². The molecule has 1 rings (SSSR count). The highest BCUT2D eigenvalue weighted by Gasteiger charge is 2.24. The summed E-state index contributed by atoms with van der Waals surface area (Å²) in [7, 11) is 0. The zero-order valence-electron chi connectivity index (χ0n) is 6.48. The van der Waals surface area contributed by atoms with E-state index in [1.165, 1.54) is 30.8 Å². The van der Waals surface area contributed by atoms with Gasteiger partial charge in [0.1, 0.15) is 0 Å². The zero-order chi connectivity index (χ0) is 7.40. The molecular weight excluding hydrogens is 164 g/mol. The first-order valence-corrected chi connectivity index (χ1v) is 5.65. The van der Waals surface area contributed by atoms with Crippen LogP contribution in [0.5, 0.6) is 0 Å². The minimum absolute atomic E-state index is 0.469. The highest BCUT2D eigenvalue weighted by atomic mass is 35.5. The number of alkyl halides is 1. The summed E-state index contributed by atoms with van der Waals surface area (Å²) in [6.07, 6.45) is 4.01. The van der Waals surface area contributed by atoms with Crippen LogP contribution < -0.4 is 0 Å². The van der Waals surface area contributed by atoms with Gasteiger partial charge in [0.25, 0.3) is 0 Å². The minimum Gasteiger partial charge on any atom is -0.160 e. The monoisotopic (exact) mass is 178 g/mol. The second-order valence-corrected chi connectivity index (χ2v) is 4.59. The van der Waals surface area contributed by atoms with Crippen molar-refractivity contribution in [3.8, 4) is 0 Å². The third kappa shape index (κ3) is 2.35. The van der Waals surface area contributed by atoms with E-state index in [0.717, 1.165) is 5.92 Å². The Morgan fingerprint density at radius 2 is 2.30 bits per heavy atom. The second kappa shape index (κ2) is 4.50. The summed E-state index contributed by atoms with van der Waals surface area (Å²) < 4.78 is 0. The van der Waals surface area contributed by atoms with E-state index in [2.05, 4.69) is 6.92 Å². The van der Waals surface area contributed by atoms with Gasteiger partial charge in [-0.1, -0.05) is 19.8 Å². The molecule has 0 amide bonds. The lowest BCUT2D eigenvalue weighted by atomic mass is 10.0. The van der Waals surface area contributed by atoms with Crippen molar-refractivity contribution >= 4 is 23.4 Å². The van der Waals surface area contributed by atoms with E-state index in [1.807, 2.05) is 11.8 Å². The Kier molecular flexibility index (Phi) is 3.93. The molecule has 1 heterocycles. The molecule has 2 unspecified atom stereocenters. The molecule has 0 aliphatic carbocycles. The van der Waals surface area contributed by atoms with Crippen LogP contribution in [0.1, 0.15) is 26.2 Å². The van der Waals surface area contributed by atoms with Gasteiger partial charge >= 0.3 is 0 Å². The van der Waals surface area contributed by atoms with Crippen molar-refractivity contribution in [3.63, 3.8) is 0 Å². The predicted octanol–water partition coefficient (Wildman–Crippen LogP) is 3.15. The maximum Gasteiger partial charge on any atom is 0.0462 e. The number of unbranched alkanes of at least 4 members (excludes halogenated alkanes) is 1. The van der Waals surface area contributed by atoms with E-state index in [4.69, 9.17) is 11.6 Å². The summed E-state index contributed by atoms with van der Waals surface area (Å²) in [4.78, 5) is 0. The normalized spacial score (nSPS) is 33.0. The second-order valence-electron chi connectivity index (χ2n) is 2.96. The smallest absolute Gasteiger partial charge is 0.0462 e. The van der Waals surface area contributed by atoms with Crippen molar-refractivity contribution in [1.82, 2.24) is 0 Å². The van der Waals surface area contributed by atoms with Gasteiger partial charge in [0.2, 0.25) is 0 Å². The number of halogens is 1. The topological polar surface area (TPSA) is 0 Å². The Hall–Kier alpha value is 0.640. The summed E-state index contributed by atoms with van der Waals surface area (Å²) in [6, 6.07) is 0. The SMILES string of the molecule is CCCCC1CSCC1Cl. The van der Waals surface area contributed by atoms with Crippen LogP contribution in [0.2, 0.25) is 0 Å². The van der Waals surface area contributed by atoms with Crippen LogP contribution in [-0.4, -0.2) is 16.9 Å². The van der Waals surface area contributed by atoms with Crippen molar-refractivity contribution < 1.29 is 0 Å². The fourth-order valence-electron chi connectivity index (χ4n) is 1.30. The quantitative estimate of drug-likeness (QED) is 0.599. The summed E-state index contributed by atoms with van der Waals surface area (Å²) in [5.41, 5.74) is 0. The average Bonchev–Trinajstić information content (AvgIpc) is 2.31. The summed E-state index contributed by atoms with van der Waals surface area (Å²) >= 11 is 8.10. The van der Waals surface area contributed by atoms with Gasteiger partial charge in [-0.3, -0.25) is 0 Å². The Morgan fingerprint density at radius 1 is 1.50 bits per heavy atom. The van der Waals surface area contributed by atoms with E-state index in [1.54, 1.807) is 0 Å². The molecule has 1 saturated heterocycles. The van der Waals surface area contributed by atoms with Gasteiger partial charge in [0, 0.05) is 11.1 Å². The fourth-order valence-corrected chi connectivity index (χ4v) is 3.23. The van der Waals surface area contributed by atoms with E-state index in [0.29, 0.717) is 5.38 Å². The van der Waals surface area contributed by atoms with Crippen LogP contribution in [0.3, 0.4) is 0 Å². The maximum atomic E-state index is 6.09. The minimum atomic E-state index is 0.469. The Morgan fingerprint density at radius 3 is 2.80 bits per heavy atom. The van der Waals surface area contributed by atoms with E-state index < -0.39 is 0 Å². The molecule has 0 spiro atoms. The summed E-state index contributed by atoms with van der Waals surface area (Å²) in [6.45, 7) is 2.24. The summed E-state index contributed by atoms with van der Waals surface area (Å²) in [5, 5.41) is 0.469. The van der Waals surface area contributed by atoms with Crippen LogP contribution in [0.4, 0.5) is 0 Å². The Balaban J connectivity index is 2.14. The van der Waals surface area contributed by atoms with Crippen LogP contribution in [-0.2, 0) is 0 Å². The lowest BCUT2D eigenvalue weighted by Crippen LogP contribution is -2.11. The molecule has 0 aromatic heterocycles. The standard InChI is InChI=1S/C8H15ClS/c1-2-3-4-7-5-10-6-8(7)9/h7-8H,2-6H2,1H3. The molecule has 2 atom stereocenters. The predicted molar refractivity (Wildman–Crippen MR) is 50.0 cm³/mol. The van der Waals surface area contributed by atoms with Crippen molar-refractivity contribution in [2.75, 3.05) is 11.5 Å². The van der Waals surface area contributed by atoms with Gasteiger partial charge in [0.15, 0.2) is 0 Å². The van der Waals surface area contributed by atoms with E-state index in [9.17, 15) is 0 Å². The van der Waals surface area contributed by atoms with Crippen molar-refractivity contribution in [2.45, 2.75) is 31.6 Å². The first-order valence-electron chi connectivity index (χ1n) is 4.06. The molecule has 0 aromatic rings. The zero-order valence-corrected chi connectivity index (χ0v) is 8.05. The van der Waals surface area contributed by atoms with Crippen LogP contribution in [0.25, 0.3) is 0 Å². The lowest BCUT2D eigenvalue weighted by Gasteiger charge is -2.10. The first-order chi connectivity index (χ1) is 4.84. The van der Waals surface area contributed by atoms with E-state index >= 15 is 0 Å². The summed E-state index contributed by atoms with van der Waals surface area (Å²) in [5.74, 6) is 3.29. The number of hydrogen-bond acceptors (Lipinski definition) is 1. The molecular formula is C8H15ClS. The molecule has 0 radical (unpaired) electrons. The highest BCUT2D eigenvalue weighted by molar-refractivity contribution is 7.99. The fraction of sp³-hybridized carbons (Fsp3) is 1.00. The van der Waals surface area contributed by atoms with Gasteiger partial charge < -0.3 is 0 Å². The molecule has 0 N–H and O–H groups in total. The number of hydrogen-bond donors (Lipinski definition) is 0. The molecule has 1 fully saturated rings. The molecule has 0 aromatic carbocycles. The number of rotatable bonds is 3. The van der Waals surface area contributed by atoms with Crippen molar-refractivity contribution in [3.05, 3.63) is 0 Å². The highest BCUT2D eigenvalue weighted by Crippen LogP contribution is 2.31. The molecule has 0 saturated carbocycles. The number of thioether (sulfide) groups is 1. The van der Waals surface area contributed by atoms with Crippen LogP contribution in [0, 0.1) is 5.92 Å². The van der Waals surface area contributed by atoms with E-state index in [-0.39, 0.29) is 0 Å². The van der Waals surface area contributed by atoms with Crippen molar-refractivity contribution in [1.29, 1.82) is 0 Å². The average molecular weight is 179 g/mol. The molecule has 10 heavy (non-hydrogen) atoms. The Bertz CT molecular complexity index is 95.3. The molecule has 2 heteroatoms. The molecule has 1 aliphatic heterocycles. The molecule has 1 aliphatic rings. The maximum absolute atomic E-state index is 6.09. The van der Waals surface area contributed by atoms with Gasteiger partial charge in [-0.05, 0) is 18.1 Å². The van der Waals surface area contributed by atoms with Gasteiger partial charge in [-0.2, -0.15) is 11.8 Å². The molecule has 0 bridgehead atoms. The lowest BCUT2D eigenvalue weighted by molar-refractivity contribution is 0.523. The van der Waals surface area contributed by atoms with Gasteiger partial charge in [-0.25, -0.2) is 0 Å². The third-order valence-corrected chi connectivity index (χ3v) is 4.00. The van der Waals surface area contributed by atoms with Gasteiger partial charge in [0.05, 0.1) is 0 Å². The first kappa shape index (κ1) is 8.73. The van der Waals surface area contributed by atoms with Crippen molar-refractivity contribution in [2.24, 2.45) is 5.92 Å². The largest absolute Gasteiger partial charge is 0.160 e. The Labute approximate surface area is 72.7 Å². The molecule has 0 nitrogen and oxygen atoms in total. The molecule has 60 valence electrons. The van der Waals surface area contributed by atoms with Crippen LogP contribution in [0.15, 0.2) is 0 Å².